The second-order valence-corrected chi connectivity index (χ2v) is 3.22. The molecule has 0 aliphatic heterocycles. The van der Waals surface area contributed by atoms with Crippen LogP contribution in [-0.2, 0) is 4.79 Å². The Labute approximate surface area is 100 Å². The van der Waals surface area contributed by atoms with E-state index in [1.165, 1.54) is 6.08 Å². The van der Waals surface area contributed by atoms with E-state index in [1.54, 1.807) is 4.90 Å². The third kappa shape index (κ3) is 5.54. The molecule has 0 aromatic heterocycles. The lowest BCUT2D eigenvalue weighted by atomic mass is 10.2. The number of carbonyl (C=O) groups is 1. The van der Waals surface area contributed by atoms with E-state index in [1.807, 2.05) is 59.8 Å². The Morgan fingerprint density at radius 3 is 2.00 bits per heavy atom. The smallest absolute Gasteiger partial charge is 0.250 e. The summed E-state index contributed by atoms with van der Waals surface area (Å²) in [6.45, 7) is 15.3. The molecule has 0 rings (SSSR count). The molecule has 2 heteroatoms. The first-order valence-electron chi connectivity index (χ1n) is 5.83. The second kappa shape index (κ2) is 10.2. The van der Waals surface area contributed by atoms with Gasteiger partial charge < -0.3 is 4.90 Å². The third-order valence-electron chi connectivity index (χ3n) is 1.84. The van der Waals surface area contributed by atoms with E-state index in [-0.39, 0.29) is 11.9 Å². The average Bonchev–Trinajstić information content (AvgIpc) is 2.30. The first-order valence-corrected chi connectivity index (χ1v) is 5.83. The van der Waals surface area contributed by atoms with Gasteiger partial charge in [-0.05, 0) is 39.8 Å². The first-order chi connectivity index (χ1) is 7.58. The van der Waals surface area contributed by atoms with Crippen LogP contribution in [0.5, 0.6) is 0 Å². The quantitative estimate of drug-likeness (QED) is 0.522. The van der Waals surface area contributed by atoms with E-state index < -0.39 is 0 Å². The fourth-order valence-electron chi connectivity index (χ4n) is 1.26. The summed E-state index contributed by atoms with van der Waals surface area (Å²) in [5.74, 6) is -0.0637. The molecule has 0 aromatic carbocycles. The molecular formula is C14H25NO. The molecule has 92 valence electrons. The van der Waals surface area contributed by atoms with Gasteiger partial charge >= 0.3 is 0 Å². The maximum Gasteiger partial charge on any atom is 0.250 e. The zero-order valence-electron chi connectivity index (χ0n) is 11.4. The number of hydrogen-bond acceptors (Lipinski definition) is 1. The Kier molecular flexibility index (Phi) is 10.9. The largest absolute Gasteiger partial charge is 0.307 e. The van der Waals surface area contributed by atoms with E-state index in [9.17, 15) is 4.79 Å². The van der Waals surface area contributed by atoms with Crippen LogP contribution in [0.25, 0.3) is 0 Å². The van der Waals surface area contributed by atoms with Crippen molar-refractivity contribution in [2.75, 3.05) is 0 Å². The van der Waals surface area contributed by atoms with Crippen LogP contribution in [0.4, 0.5) is 0 Å². The molecule has 1 amide bonds. The number of nitrogens with zero attached hydrogens (tertiary/aromatic N) is 1. The Morgan fingerprint density at radius 1 is 1.25 bits per heavy atom. The molecule has 0 unspecified atom stereocenters. The minimum absolute atomic E-state index is 0.0637. The summed E-state index contributed by atoms with van der Waals surface area (Å²) in [6, 6.07) is 0.142. The first kappa shape index (κ1) is 17.1. The summed E-state index contributed by atoms with van der Waals surface area (Å²) in [5.41, 5.74) is 0.910. The Balaban J connectivity index is 0. The van der Waals surface area contributed by atoms with Crippen LogP contribution in [0.2, 0.25) is 0 Å². The highest BCUT2D eigenvalue weighted by Gasteiger charge is 2.15. The normalized spacial score (nSPS) is 11.1. The van der Waals surface area contributed by atoms with Gasteiger partial charge in [0, 0.05) is 11.7 Å². The molecule has 0 heterocycles. The summed E-state index contributed by atoms with van der Waals surface area (Å²) < 4.78 is 0. The van der Waals surface area contributed by atoms with E-state index in [0.29, 0.717) is 0 Å². The van der Waals surface area contributed by atoms with Crippen LogP contribution >= 0.6 is 0 Å². The fourth-order valence-corrected chi connectivity index (χ4v) is 1.26. The van der Waals surface area contributed by atoms with Crippen LogP contribution in [0.15, 0.2) is 36.6 Å². The van der Waals surface area contributed by atoms with Crippen LogP contribution in [0.3, 0.4) is 0 Å². The highest BCUT2D eigenvalue weighted by atomic mass is 16.2. The standard InChI is InChI=1S/C12H19NO.C2H6/c1-6-9-11(7-2)13(10(4)5)12(14)8-3;1-2/h6-10H,3H2,1-2,4-5H3;1-2H3/b9-6-,11-7+;. The van der Waals surface area contributed by atoms with E-state index in [2.05, 4.69) is 6.58 Å². The number of allylic oxidation sites excluding steroid dienone is 3. The number of carbonyl (C=O) groups excluding carboxylic acids is 1. The molecule has 0 saturated carbocycles. The molecular weight excluding hydrogens is 198 g/mol. The molecule has 0 aliphatic carbocycles. The lowest BCUT2D eigenvalue weighted by Crippen LogP contribution is -2.34. The van der Waals surface area contributed by atoms with Crippen molar-refractivity contribution in [2.45, 2.75) is 47.6 Å². The van der Waals surface area contributed by atoms with Crippen molar-refractivity contribution in [3.63, 3.8) is 0 Å². The highest BCUT2D eigenvalue weighted by molar-refractivity contribution is 5.89. The van der Waals surface area contributed by atoms with Gasteiger partial charge in [0.15, 0.2) is 0 Å². The molecule has 0 aliphatic rings. The summed E-state index contributed by atoms with van der Waals surface area (Å²) in [5, 5.41) is 0. The van der Waals surface area contributed by atoms with Crippen LogP contribution in [0, 0.1) is 0 Å². The second-order valence-electron chi connectivity index (χ2n) is 3.22. The number of hydrogen-bond donors (Lipinski definition) is 0. The van der Waals surface area contributed by atoms with Gasteiger partial charge in [-0.3, -0.25) is 4.79 Å². The molecule has 0 bridgehead atoms. The van der Waals surface area contributed by atoms with Crippen molar-refractivity contribution < 1.29 is 4.79 Å². The molecule has 0 N–H and O–H groups in total. The molecule has 0 fully saturated rings. The maximum atomic E-state index is 11.6. The van der Waals surface area contributed by atoms with E-state index in [0.717, 1.165) is 5.70 Å². The van der Waals surface area contributed by atoms with Gasteiger partial charge in [0.1, 0.15) is 0 Å². The number of rotatable bonds is 4. The van der Waals surface area contributed by atoms with Gasteiger partial charge in [-0.2, -0.15) is 0 Å². The van der Waals surface area contributed by atoms with E-state index in [4.69, 9.17) is 0 Å². The summed E-state index contributed by atoms with van der Waals surface area (Å²) >= 11 is 0. The van der Waals surface area contributed by atoms with Crippen molar-refractivity contribution in [3.05, 3.63) is 36.6 Å². The highest BCUT2D eigenvalue weighted by Crippen LogP contribution is 2.11. The lowest BCUT2D eigenvalue weighted by Gasteiger charge is -2.26. The van der Waals surface area contributed by atoms with E-state index >= 15 is 0 Å². The van der Waals surface area contributed by atoms with Crippen LogP contribution < -0.4 is 0 Å². The summed E-state index contributed by atoms with van der Waals surface area (Å²) in [6.07, 6.45) is 7.09. The molecule has 0 saturated heterocycles. The monoisotopic (exact) mass is 223 g/mol. The van der Waals surface area contributed by atoms with Gasteiger partial charge in [-0.1, -0.05) is 32.6 Å². The Hall–Kier alpha value is -1.31. The molecule has 0 atom stereocenters. The third-order valence-corrected chi connectivity index (χ3v) is 1.84. The molecule has 0 radical (unpaired) electrons. The van der Waals surface area contributed by atoms with Gasteiger partial charge in [0.2, 0.25) is 0 Å². The molecule has 0 aromatic rings. The van der Waals surface area contributed by atoms with Crippen LogP contribution in [0.1, 0.15) is 41.5 Å². The van der Waals surface area contributed by atoms with Crippen molar-refractivity contribution >= 4 is 5.91 Å². The van der Waals surface area contributed by atoms with Gasteiger partial charge in [-0.25, -0.2) is 0 Å². The number of amides is 1. The average molecular weight is 223 g/mol. The lowest BCUT2D eigenvalue weighted by molar-refractivity contribution is -0.125. The predicted octanol–water partition coefficient (Wildman–Crippen LogP) is 3.92. The zero-order chi connectivity index (χ0) is 13.1. The van der Waals surface area contributed by atoms with Crippen LogP contribution in [-0.4, -0.2) is 16.8 Å². The SMILES string of the molecule is C=CC(=O)N(C(/C=C\C)=C/C)C(C)C.CC. The molecule has 16 heavy (non-hydrogen) atoms. The zero-order valence-corrected chi connectivity index (χ0v) is 11.4. The van der Waals surface area contributed by atoms with Crippen molar-refractivity contribution in [1.29, 1.82) is 0 Å². The fraction of sp³-hybridized carbons (Fsp3) is 0.500. The van der Waals surface area contributed by atoms with Crippen molar-refractivity contribution in [1.82, 2.24) is 4.90 Å². The van der Waals surface area contributed by atoms with Gasteiger partial charge in [-0.15, -0.1) is 0 Å². The molecule has 0 spiro atoms. The summed E-state index contributed by atoms with van der Waals surface area (Å²) in [4.78, 5) is 13.3. The van der Waals surface area contributed by atoms with Crippen molar-refractivity contribution in [2.24, 2.45) is 0 Å². The topological polar surface area (TPSA) is 20.3 Å². The van der Waals surface area contributed by atoms with Crippen molar-refractivity contribution in [3.8, 4) is 0 Å². The van der Waals surface area contributed by atoms with Gasteiger partial charge in [0.25, 0.3) is 5.91 Å². The minimum Gasteiger partial charge on any atom is -0.307 e. The predicted molar refractivity (Wildman–Crippen MR) is 72.1 cm³/mol. The molecule has 2 nitrogen and oxygen atoms in total. The summed E-state index contributed by atoms with van der Waals surface area (Å²) in [7, 11) is 0. The Morgan fingerprint density at radius 2 is 1.75 bits per heavy atom. The van der Waals surface area contributed by atoms with Gasteiger partial charge in [0.05, 0.1) is 0 Å². The minimum atomic E-state index is -0.0637. The Bertz CT molecular complexity index is 262. The maximum absolute atomic E-state index is 11.6.